The van der Waals surface area contributed by atoms with E-state index < -0.39 is 0 Å². The van der Waals surface area contributed by atoms with Gasteiger partial charge in [0.2, 0.25) is 0 Å². The lowest BCUT2D eigenvalue weighted by molar-refractivity contribution is 0.311. The number of rotatable bonds is 1. The van der Waals surface area contributed by atoms with E-state index in [2.05, 4.69) is 13.0 Å². The normalized spacial score (nSPS) is 39.3. The minimum absolute atomic E-state index is 0.440. The first-order valence-electron chi connectivity index (χ1n) is 6.10. The summed E-state index contributed by atoms with van der Waals surface area (Å²) in [7, 11) is 0. The lowest BCUT2D eigenvalue weighted by Gasteiger charge is -2.33. The van der Waals surface area contributed by atoms with Crippen LogP contribution in [0, 0.1) is 11.8 Å². The van der Waals surface area contributed by atoms with Crippen LogP contribution in [0.3, 0.4) is 0 Å². The second-order valence-corrected chi connectivity index (χ2v) is 5.59. The molecule has 0 aliphatic heterocycles. The van der Waals surface area contributed by atoms with Crippen LogP contribution in [-0.2, 0) is 0 Å². The SMILES string of the molecule is CC1CC(C2=CCCCC2)CCC1Cl. The molecule has 3 atom stereocenters. The predicted octanol–water partition coefficient (Wildman–Crippen LogP) is 4.53. The van der Waals surface area contributed by atoms with E-state index in [-0.39, 0.29) is 0 Å². The fourth-order valence-electron chi connectivity index (χ4n) is 2.93. The van der Waals surface area contributed by atoms with Crippen molar-refractivity contribution >= 4 is 11.6 Å². The summed E-state index contributed by atoms with van der Waals surface area (Å²) in [6, 6.07) is 0. The quantitative estimate of drug-likeness (QED) is 0.443. The van der Waals surface area contributed by atoms with Crippen LogP contribution in [0.2, 0.25) is 0 Å². The lowest BCUT2D eigenvalue weighted by atomic mass is 9.75. The zero-order valence-electron chi connectivity index (χ0n) is 9.14. The molecule has 14 heavy (non-hydrogen) atoms. The van der Waals surface area contributed by atoms with Crippen LogP contribution in [0.25, 0.3) is 0 Å². The van der Waals surface area contributed by atoms with Crippen LogP contribution in [0.4, 0.5) is 0 Å². The molecule has 2 aliphatic rings. The molecule has 1 fully saturated rings. The number of alkyl halides is 1. The molecule has 0 saturated heterocycles. The Morgan fingerprint density at radius 2 is 2.14 bits per heavy atom. The minimum Gasteiger partial charge on any atom is -0.123 e. The maximum absolute atomic E-state index is 6.25. The molecule has 0 bridgehead atoms. The van der Waals surface area contributed by atoms with Gasteiger partial charge in [0.15, 0.2) is 0 Å². The zero-order valence-corrected chi connectivity index (χ0v) is 9.89. The van der Waals surface area contributed by atoms with Gasteiger partial charge in [-0.15, -0.1) is 11.6 Å². The molecule has 0 N–H and O–H groups in total. The summed E-state index contributed by atoms with van der Waals surface area (Å²) >= 11 is 6.25. The van der Waals surface area contributed by atoms with Gasteiger partial charge in [-0.2, -0.15) is 0 Å². The van der Waals surface area contributed by atoms with E-state index in [9.17, 15) is 0 Å². The summed E-state index contributed by atoms with van der Waals surface area (Å²) in [4.78, 5) is 0. The summed E-state index contributed by atoms with van der Waals surface area (Å²) in [5.41, 5.74) is 1.76. The third-order valence-electron chi connectivity index (χ3n) is 3.92. The molecule has 3 unspecified atom stereocenters. The first kappa shape index (κ1) is 10.5. The Kier molecular flexibility index (Phi) is 3.54. The molecule has 2 aliphatic carbocycles. The van der Waals surface area contributed by atoms with Crippen molar-refractivity contribution in [2.45, 2.75) is 57.2 Å². The molecule has 1 saturated carbocycles. The van der Waals surface area contributed by atoms with Crippen molar-refractivity contribution in [1.29, 1.82) is 0 Å². The minimum atomic E-state index is 0.440. The maximum Gasteiger partial charge on any atom is 0.0362 e. The van der Waals surface area contributed by atoms with E-state index >= 15 is 0 Å². The Morgan fingerprint density at radius 1 is 1.29 bits per heavy atom. The molecule has 0 heterocycles. The summed E-state index contributed by atoms with van der Waals surface area (Å²) < 4.78 is 0. The van der Waals surface area contributed by atoms with Gasteiger partial charge in [0.25, 0.3) is 0 Å². The van der Waals surface area contributed by atoms with Crippen molar-refractivity contribution in [3.8, 4) is 0 Å². The first-order chi connectivity index (χ1) is 6.77. The molecule has 0 spiro atoms. The highest BCUT2D eigenvalue weighted by Crippen LogP contribution is 2.39. The Bertz CT molecular complexity index is 219. The summed E-state index contributed by atoms with van der Waals surface area (Å²) in [6.45, 7) is 2.31. The average molecular weight is 213 g/mol. The Hall–Kier alpha value is 0.0300. The van der Waals surface area contributed by atoms with E-state index in [1.165, 1.54) is 44.9 Å². The molecule has 80 valence electrons. The second kappa shape index (κ2) is 4.70. The van der Waals surface area contributed by atoms with Crippen molar-refractivity contribution in [2.75, 3.05) is 0 Å². The smallest absolute Gasteiger partial charge is 0.0362 e. The third-order valence-corrected chi connectivity index (χ3v) is 4.56. The highest BCUT2D eigenvalue weighted by atomic mass is 35.5. The number of hydrogen-bond donors (Lipinski definition) is 0. The van der Waals surface area contributed by atoms with Crippen molar-refractivity contribution in [3.63, 3.8) is 0 Å². The van der Waals surface area contributed by atoms with Crippen molar-refractivity contribution < 1.29 is 0 Å². The van der Waals surface area contributed by atoms with Gasteiger partial charge < -0.3 is 0 Å². The molecule has 0 nitrogen and oxygen atoms in total. The Morgan fingerprint density at radius 3 is 2.79 bits per heavy atom. The molecular weight excluding hydrogens is 192 g/mol. The van der Waals surface area contributed by atoms with Gasteiger partial charge in [-0.05, 0) is 56.8 Å². The Balaban J connectivity index is 1.95. The monoisotopic (exact) mass is 212 g/mol. The molecule has 0 amide bonds. The summed E-state index contributed by atoms with van der Waals surface area (Å²) in [5, 5.41) is 0.440. The highest BCUT2D eigenvalue weighted by Gasteiger charge is 2.28. The van der Waals surface area contributed by atoms with Crippen LogP contribution < -0.4 is 0 Å². The van der Waals surface area contributed by atoms with Crippen LogP contribution in [0.5, 0.6) is 0 Å². The van der Waals surface area contributed by atoms with E-state index in [4.69, 9.17) is 11.6 Å². The predicted molar refractivity (Wildman–Crippen MR) is 62.7 cm³/mol. The van der Waals surface area contributed by atoms with Gasteiger partial charge >= 0.3 is 0 Å². The van der Waals surface area contributed by atoms with Crippen LogP contribution in [0.1, 0.15) is 51.9 Å². The van der Waals surface area contributed by atoms with Crippen LogP contribution in [0.15, 0.2) is 11.6 Å². The van der Waals surface area contributed by atoms with Gasteiger partial charge in [0.1, 0.15) is 0 Å². The van der Waals surface area contributed by atoms with Gasteiger partial charge in [-0.1, -0.05) is 18.6 Å². The largest absolute Gasteiger partial charge is 0.123 e. The molecule has 2 rings (SSSR count). The topological polar surface area (TPSA) is 0 Å². The molecule has 0 aromatic carbocycles. The molecule has 1 heteroatoms. The van der Waals surface area contributed by atoms with Crippen molar-refractivity contribution in [2.24, 2.45) is 11.8 Å². The summed E-state index contributed by atoms with van der Waals surface area (Å²) in [5.74, 6) is 1.60. The van der Waals surface area contributed by atoms with Gasteiger partial charge in [0.05, 0.1) is 0 Å². The molecular formula is C13H21Cl. The number of allylic oxidation sites excluding steroid dienone is 2. The van der Waals surface area contributed by atoms with Crippen LogP contribution in [-0.4, -0.2) is 5.38 Å². The standard InChI is InChI=1S/C13H21Cl/c1-10-9-12(7-8-13(10)14)11-5-3-2-4-6-11/h5,10,12-13H,2-4,6-9H2,1H3. The number of halogens is 1. The highest BCUT2D eigenvalue weighted by molar-refractivity contribution is 6.20. The van der Waals surface area contributed by atoms with Gasteiger partial charge in [-0.25, -0.2) is 0 Å². The van der Waals surface area contributed by atoms with Crippen molar-refractivity contribution in [3.05, 3.63) is 11.6 Å². The van der Waals surface area contributed by atoms with Gasteiger partial charge in [0, 0.05) is 5.38 Å². The fraction of sp³-hybridized carbons (Fsp3) is 0.846. The molecule has 0 aromatic rings. The molecule has 0 aromatic heterocycles. The van der Waals surface area contributed by atoms with E-state index in [0.29, 0.717) is 5.38 Å². The molecule has 0 radical (unpaired) electrons. The van der Waals surface area contributed by atoms with Crippen LogP contribution >= 0.6 is 11.6 Å². The fourth-order valence-corrected chi connectivity index (χ4v) is 3.16. The van der Waals surface area contributed by atoms with E-state index in [1.54, 1.807) is 5.57 Å². The maximum atomic E-state index is 6.25. The number of hydrogen-bond acceptors (Lipinski definition) is 0. The zero-order chi connectivity index (χ0) is 9.97. The second-order valence-electron chi connectivity index (χ2n) is 5.03. The average Bonchev–Trinajstić information content (AvgIpc) is 2.23. The van der Waals surface area contributed by atoms with Gasteiger partial charge in [-0.3, -0.25) is 0 Å². The van der Waals surface area contributed by atoms with E-state index in [1.807, 2.05) is 0 Å². The van der Waals surface area contributed by atoms with Crippen molar-refractivity contribution in [1.82, 2.24) is 0 Å². The lowest BCUT2D eigenvalue weighted by Crippen LogP contribution is -2.24. The summed E-state index contributed by atoms with van der Waals surface area (Å²) in [6.07, 6.45) is 11.9. The third kappa shape index (κ3) is 2.34. The van der Waals surface area contributed by atoms with E-state index in [0.717, 1.165) is 11.8 Å². The Labute approximate surface area is 92.7 Å². The first-order valence-corrected chi connectivity index (χ1v) is 6.54.